The first kappa shape index (κ1) is 17.0. The lowest BCUT2D eigenvalue weighted by atomic mass is 10.0. The molecule has 0 saturated carbocycles. The summed E-state index contributed by atoms with van der Waals surface area (Å²) in [5.74, 6) is 2.28. The lowest BCUT2D eigenvalue weighted by molar-refractivity contribution is -0.131. The van der Waals surface area contributed by atoms with E-state index in [1.165, 1.54) is 0 Å². The van der Waals surface area contributed by atoms with Crippen LogP contribution in [0, 0.1) is 0 Å². The van der Waals surface area contributed by atoms with Crippen LogP contribution in [0.25, 0.3) is 0 Å². The number of carbonyl (C=O) groups is 1. The Balaban J connectivity index is 1.43. The van der Waals surface area contributed by atoms with Crippen LogP contribution in [-0.4, -0.2) is 47.5 Å². The molecule has 1 aromatic heterocycles. The molecule has 1 atom stereocenters. The highest BCUT2D eigenvalue weighted by atomic mass is 16.5. The highest BCUT2D eigenvalue weighted by Crippen LogP contribution is 2.23. The van der Waals surface area contributed by atoms with E-state index in [4.69, 9.17) is 9.72 Å². The molecule has 0 unspecified atom stereocenters. The van der Waals surface area contributed by atoms with E-state index < -0.39 is 0 Å². The van der Waals surface area contributed by atoms with Crippen molar-refractivity contribution in [2.24, 2.45) is 0 Å². The predicted octanol–water partition coefficient (Wildman–Crippen LogP) is 1.69. The smallest absolute Gasteiger partial charge is 0.227 e. The van der Waals surface area contributed by atoms with E-state index in [0.717, 1.165) is 60.9 Å². The lowest BCUT2D eigenvalue weighted by Crippen LogP contribution is -2.37. The van der Waals surface area contributed by atoms with Crippen molar-refractivity contribution in [1.29, 1.82) is 0 Å². The van der Waals surface area contributed by atoms with E-state index in [1.54, 1.807) is 7.11 Å². The Morgan fingerprint density at radius 1 is 1.42 bits per heavy atom. The summed E-state index contributed by atoms with van der Waals surface area (Å²) in [7, 11) is 1.64. The highest BCUT2D eigenvalue weighted by Gasteiger charge is 2.25. The van der Waals surface area contributed by atoms with Gasteiger partial charge in [-0.1, -0.05) is 12.1 Å². The molecule has 1 aromatic carbocycles. The zero-order chi connectivity index (χ0) is 17.9. The van der Waals surface area contributed by atoms with Crippen LogP contribution in [0.2, 0.25) is 0 Å². The van der Waals surface area contributed by atoms with Gasteiger partial charge in [-0.15, -0.1) is 0 Å². The summed E-state index contributed by atoms with van der Waals surface area (Å²) in [5, 5.41) is 3.36. The maximum atomic E-state index is 12.7. The number of ether oxygens (including phenoxy) is 1. The molecule has 0 aliphatic carbocycles. The SMILES string of the molecule is COc1cccc(CC(=O)N2CCc3nc([C@@H]4CCNC4)ncc3C2)c1. The largest absolute Gasteiger partial charge is 0.497 e. The molecule has 2 aliphatic rings. The summed E-state index contributed by atoms with van der Waals surface area (Å²) in [6.45, 7) is 3.32. The third-order valence-electron chi connectivity index (χ3n) is 5.22. The van der Waals surface area contributed by atoms with Crippen molar-refractivity contribution in [2.45, 2.75) is 31.7 Å². The Hall–Kier alpha value is -2.47. The van der Waals surface area contributed by atoms with E-state index >= 15 is 0 Å². The van der Waals surface area contributed by atoms with Gasteiger partial charge in [-0.3, -0.25) is 4.79 Å². The molecule has 6 heteroatoms. The van der Waals surface area contributed by atoms with Crippen molar-refractivity contribution < 1.29 is 9.53 Å². The molecule has 2 aromatic rings. The predicted molar refractivity (Wildman–Crippen MR) is 98.1 cm³/mol. The topological polar surface area (TPSA) is 67.3 Å². The molecule has 0 radical (unpaired) electrons. The van der Waals surface area contributed by atoms with Crippen molar-refractivity contribution in [3.05, 3.63) is 53.1 Å². The van der Waals surface area contributed by atoms with Crippen LogP contribution in [0.4, 0.5) is 0 Å². The molecule has 136 valence electrons. The number of amides is 1. The zero-order valence-corrected chi connectivity index (χ0v) is 15.1. The minimum absolute atomic E-state index is 0.132. The first-order chi connectivity index (χ1) is 12.7. The Bertz CT molecular complexity index is 802. The van der Waals surface area contributed by atoms with Crippen LogP contribution in [-0.2, 0) is 24.2 Å². The molecule has 0 bridgehead atoms. The van der Waals surface area contributed by atoms with E-state index in [-0.39, 0.29) is 5.91 Å². The quantitative estimate of drug-likeness (QED) is 0.907. The minimum Gasteiger partial charge on any atom is -0.497 e. The monoisotopic (exact) mass is 352 g/mol. The lowest BCUT2D eigenvalue weighted by Gasteiger charge is -2.28. The van der Waals surface area contributed by atoms with Crippen molar-refractivity contribution in [3.8, 4) is 5.75 Å². The van der Waals surface area contributed by atoms with Gasteiger partial charge in [0.05, 0.1) is 19.2 Å². The van der Waals surface area contributed by atoms with Crippen LogP contribution < -0.4 is 10.1 Å². The standard InChI is InChI=1S/C20H24N4O2/c1-26-17-4-2-3-14(9-17)10-19(25)24-8-6-18-16(13-24)12-22-20(23-18)15-5-7-21-11-15/h2-4,9,12,15,21H,5-8,10-11,13H2,1H3/t15-/m1/s1. The number of methoxy groups -OCH3 is 1. The summed E-state index contributed by atoms with van der Waals surface area (Å²) >= 11 is 0. The first-order valence-corrected chi connectivity index (χ1v) is 9.19. The summed E-state index contributed by atoms with van der Waals surface area (Å²) in [4.78, 5) is 24.0. The fourth-order valence-corrected chi connectivity index (χ4v) is 3.69. The number of nitrogens with one attached hydrogen (secondary N) is 1. The Kier molecular flexibility index (Phi) is 4.84. The Morgan fingerprint density at radius 3 is 3.15 bits per heavy atom. The molecular formula is C20H24N4O2. The number of aromatic nitrogens is 2. The van der Waals surface area contributed by atoms with Gasteiger partial charge in [0.1, 0.15) is 11.6 Å². The molecule has 1 saturated heterocycles. The second kappa shape index (κ2) is 7.41. The third-order valence-corrected chi connectivity index (χ3v) is 5.22. The van der Waals surface area contributed by atoms with Gasteiger partial charge in [-0.05, 0) is 30.7 Å². The molecule has 4 rings (SSSR count). The Morgan fingerprint density at radius 2 is 2.35 bits per heavy atom. The number of rotatable bonds is 4. The number of hydrogen-bond acceptors (Lipinski definition) is 5. The highest BCUT2D eigenvalue weighted by molar-refractivity contribution is 5.79. The summed E-state index contributed by atoms with van der Waals surface area (Å²) in [5.41, 5.74) is 3.15. The van der Waals surface area contributed by atoms with Crippen LogP contribution in [0.5, 0.6) is 5.75 Å². The molecular weight excluding hydrogens is 328 g/mol. The summed E-state index contributed by atoms with van der Waals surface area (Å²) < 4.78 is 5.24. The van der Waals surface area contributed by atoms with Crippen LogP contribution in [0.3, 0.4) is 0 Å². The molecule has 1 amide bonds. The van der Waals surface area contributed by atoms with Gasteiger partial charge in [-0.25, -0.2) is 9.97 Å². The fraction of sp³-hybridized carbons (Fsp3) is 0.450. The maximum Gasteiger partial charge on any atom is 0.227 e. The molecule has 2 aliphatic heterocycles. The van der Waals surface area contributed by atoms with Crippen LogP contribution in [0.1, 0.15) is 35.0 Å². The zero-order valence-electron chi connectivity index (χ0n) is 15.1. The minimum atomic E-state index is 0.132. The van der Waals surface area contributed by atoms with Crippen LogP contribution in [0.15, 0.2) is 30.5 Å². The number of nitrogens with zero attached hydrogens (tertiary/aromatic N) is 3. The normalized spacial score (nSPS) is 19.3. The van der Waals surface area contributed by atoms with E-state index in [9.17, 15) is 4.79 Å². The van der Waals surface area contributed by atoms with Crippen molar-refractivity contribution in [3.63, 3.8) is 0 Å². The average Bonchev–Trinajstić information content (AvgIpc) is 3.22. The van der Waals surface area contributed by atoms with Crippen molar-refractivity contribution in [1.82, 2.24) is 20.2 Å². The summed E-state index contributed by atoms with van der Waals surface area (Å²) in [6.07, 6.45) is 4.21. The van der Waals surface area contributed by atoms with E-state index in [2.05, 4.69) is 10.3 Å². The van der Waals surface area contributed by atoms with E-state index in [1.807, 2.05) is 35.4 Å². The second-order valence-corrected chi connectivity index (χ2v) is 6.98. The molecule has 0 spiro atoms. The molecule has 1 N–H and O–H groups in total. The van der Waals surface area contributed by atoms with Gasteiger partial charge in [0, 0.05) is 43.7 Å². The first-order valence-electron chi connectivity index (χ1n) is 9.19. The number of carbonyl (C=O) groups excluding carboxylic acids is 1. The fourth-order valence-electron chi connectivity index (χ4n) is 3.69. The van der Waals surface area contributed by atoms with Crippen molar-refractivity contribution in [2.75, 3.05) is 26.7 Å². The van der Waals surface area contributed by atoms with Gasteiger partial charge >= 0.3 is 0 Å². The third kappa shape index (κ3) is 3.55. The van der Waals surface area contributed by atoms with Gasteiger partial charge in [0.25, 0.3) is 0 Å². The maximum absolute atomic E-state index is 12.7. The van der Waals surface area contributed by atoms with Crippen molar-refractivity contribution >= 4 is 5.91 Å². The molecule has 1 fully saturated rings. The van der Waals surface area contributed by atoms with Gasteiger partial charge < -0.3 is 15.0 Å². The van der Waals surface area contributed by atoms with Crippen LogP contribution >= 0.6 is 0 Å². The Labute approximate surface area is 153 Å². The molecule has 3 heterocycles. The molecule has 26 heavy (non-hydrogen) atoms. The van der Waals surface area contributed by atoms with Gasteiger partial charge in [0.2, 0.25) is 5.91 Å². The number of benzene rings is 1. The summed E-state index contributed by atoms with van der Waals surface area (Å²) in [6, 6.07) is 7.68. The molecule has 6 nitrogen and oxygen atoms in total. The average molecular weight is 352 g/mol. The number of hydrogen-bond donors (Lipinski definition) is 1. The van der Waals surface area contributed by atoms with Gasteiger partial charge in [-0.2, -0.15) is 0 Å². The van der Waals surface area contributed by atoms with Gasteiger partial charge in [0.15, 0.2) is 0 Å². The second-order valence-electron chi connectivity index (χ2n) is 6.98. The van der Waals surface area contributed by atoms with E-state index in [0.29, 0.717) is 18.9 Å². The number of fused-ring (bicyclic) bond motifs is 1.